The van der Waals surface area contributed by atoms with Crippen molar-refractivity contribution in [1.82, 2.24) is 49.7 Å². The second kappa shape index (κ2) is 16.8. The summed E-state index contributed by atoms with van der Waals surface area (Å²) < 4.78 is 4.56. The van der Waals surface area contributed by atoms with Gasteiger partial charge in [0.1, 0.15) is 10.1 Å². The molecule has 6 aromatic rings. The Labute approximate surface area is 349 Å². The van der Waals surface area contributed by atoms with Crippen molar-refractivity contribution in [2.75, 3.05) is 83.6 Å². The maximum Gasteiger partial charge on any atom is 0.226 e. The third-order valence-corrected chi connectivity index (χ3v) is 14.1. The monoisotopic (exact) mass is 918 g/mol. The topological polar surface area (TPSA) is 178 Å². The fourth-order valence-electron chi connectivity index (χ4n) is 6.55. The summed E-state index contributed by atoms with van der Waals surface area (Å²) in [6.45, 7) is 10.7. The molecule has 0 atom stereocenters. The molecule has 20 heteroatoms. The van der Waals surface area contributed by atoms with Crippen LogP contribution in [0.1, 0.15) is 23.0 Å². The lowest BCUT2D eigenvalue weighted by Gasteiger charge is -2.36. The molecule has 0 spiro atoms. The van der Waals surface area contributed by atoms with E-state index in [1.807, 2.05) is 26.0 Å². The van der Waals surface area contributed by atoms with Crippen LogP contribution < -0.4 is 31.3 Å². The Morgan fingerprint density at radius 3 is 1.25 bits per heavy atom. The van der Waals surface area contributed by atoms with E-state index in [0.29, 0.717) is 46.7 Å². The maximum atomic E-state index is 6.54. The number of rotatable bonds is 11. The molecule has 16 nitrogen and oxygen atoms in total. The van der Waals surface area contributed by atoms with Crippen molar-refractivity contribution in [3.63, 3.8) is 0 Å². The van der Waals surface area contributed by atoms with Gasteiger partial charge in [0.05, 0.1) is 20.3 Å². The van der Waals surface area contributed by atoms with Gasteiger partial charge in [0.25, 0.3) is 0 Å². The second-order valence-corrected chi connectivity index (χ2v) is 16.8. The average Bonchev–Trinajstić information content (AvgIpc) is 3.77. The average molecular weight is 921 g/mol. The van der Waals surface area contributed by atoms with Gasteiger partial charge in [0, 0.05) is 76.6 Å². The van der Waals surface area contributed by atoms with E-state index in [1.54, 1.807) is 0 Å². The van der Waals surface area contributed by atoms with Crippen LogP contribution >= 0.6 is 55.4 Å². The van der Waals surface area contributed by atoms with Crippen LogP contribution in [0.25, 0.3) is 0 Å². The molecule has 56 heavy (non-hydrogen) atoms. The molecule has 0 amide bonds. The third-order valence-electron chi connectivity index (χ3n) is 9.74. The van der Waals surface area contributed by atoms with Gasteiger partial charge in [-0.15, -0.1) is 20.4 Å². The molecule has 2 saturated heterocycles. The van der Waals surface area contributed by atoms with E-state index >= 15 is 0 Å². The molecular formula is C36H40Br2N16S2. The predicted octanol–water partition coefficient (Wildman–Crippen LogP) is 4.76. The van der Waals surface area contributed by atoms with Crippen LogP contribution in [0.2, 0.25) is 0 Å². The lowest BCUT2D eigenvalue weighted by molar-refractivity contribution is 0.635. The first-order chi connectivity index (χ1) is 27.2. The maximum absolute atomic E-state index is 6.54. The van der Waals surface area contributed by atoms with Crippen LogP contribution in [0, 0.1) is 13.8 Å². The number of hydrogen-bond donors (Lipinski definition) is 2. The van der Waals surface area contributed by atoms with Gasteiger partial charge in [-0.2, -0.15) is 0 Å². The van der Waals surface area contributed by atoms with Gasteiger partial charge in [-0.25, -0.2) is 29.3 Å². The molecule has 0 saturated carbocycles. The molecule has 4 N–H and O–H groups in total. The number of nitrogens with zero attached hydrogens (tertiary/aromatic N) is 14. The van der Waals surface area contributed by atoms with Crippen molar-refractivity contribution in [3.05, 3.63) is 92.6 Å². The molecule has 0 bridgehead atoms. The number of nitrogens with two attached hydrogens (primary N) is 2. The number of nitrogen functional groups attached to an aromatic ring is 2. The molecule has 290 valence electrons. The minimum Gasteiger partial charge on any atom is -0.368 e. The van der Waals surface area contributed by atoms with E-state index in [2.05, 4.69) is 120 Å². The summed E-state index contributed by atoms with van der Waals surface area (Å²) in [7, 11) is 0. The van der Waals surface area contributed by atoms with Crippen molar-refractivity contribution in [2.24, 2.45) is 0 Å². The highest BCUT2D eigenvalue weighted by atomic mass is 79.9. The molecule has 4 aromatic heterocycles. The fourth-order valence-corrected chi connectivity index (χ4v) is 9.04. The van der Waals surface area contributed by atoms with Gasteiger partial charge in [0.2, 0.25) is 22.2 Å². The lowest BCUT2D eigenvalue weighted by Crippen LogP contribution is -2.47. The van der Waals surface area contributed by atoms with E-state index in [-0.39, 0.29) is 0 Å². The second-order valence-electron chi connectivity index (χ2n) is 13.3. The molecule has 2 fully saturated rings. The zero-order chi connectivity index (χ0) is 38.8. The summed E-state index contributed by atoms with van der Waals surface area (Å²) >= 11 is 10.1. The van der Waals surface area contributed by atoms with Crippen LogP contribution in [0.3, 0.4) is 0 Å². The molecule has 0 aliphatic carbocycles. The Morgan fingerprint density at radius 1 is 0.518 bits per heavy atom. The lowest BCUT2D eigenvalue weighted by atomic mass is 10.2. The first kappa shape index (κ1) is 38.2. The van der Waals surface area contributed by atoms with Gasteiger partial charge in [-0.05, 0) is 93.5 Å². The minimum atomic E-state index is 0.445. The first-order valence-corrected chi connectivity index (χ1v) is 21.4. The highest BCUT2D eigenvalue weighted by Crippen LogP contribution is 2.35. The highest BCUT2D eigenvalue weighted by Gasteiger charge is 2.25. The number of halogens is 2. The van der Waals surface area contributed by atoms with E-state index < -0.39 is 0 Å². The number of hydrogen-bond acceptors (Lipinski definition) is 16. The Bertz CT molecular complexity index is 2130. The van der Waals surface area contributed by atoms with Crippen LogP contribution in [0.15, 0.2) is 90.0 Å². The Kier molecular flexibility index (Phi) is 11.5. The molecule has 2 aromatic carbocycles. The Balaban J connectivity index is 0.896. The molecule has 2 aliphatic heterocycles. The largest absolute Gasteiger partial charge is 0.368 e. The van der Waals surface area contributed by atoms with Gasteiger partial charge in [-0.3, -0.25) is 0 Å². The van der Waals surface area contributed by atoms with E-state index in [9.17, 15) is 0 Å². The smallest absolute Gasteiger partial charge is 0.226 e. The van der Waals surface area contributed by atoms with Crippen LogP contribution in [-0.4, -0.2) is 102 Å². The van der Waals surface area contributed by atoms with Crippen LogP contribution in [0.4, 0.5) is 23.3 Å². The molecule has 0 unspecified atom stereocenters. The molecule has 8 rings (SSSR count). The standard InChI is InChI=1S/C36H40Br2N16S2/c1-23-29(37)31(43-33(41-23)51-19-15-49(16-20-51)25-9-5-3-6-10-25)55-35-47-45-27(53(35)39)13-14-28-46-48-36(54(28)40)56-32-30(38)24(2)42-34(44-32)52-21-17-50(18-22-52)26-11-7-4-8-12-26/h3-12H,13-22,39-40H2,1-2H3. The number of para-hydroxylation sites is 2. The number of anilines is 4. The Hall–Kier alpha value is -4.66. The molecular weight excluding hydrogens is 880 g/mol. The summed E-state index contributed by atoms with van der Waals surface area (Å²) in [6.07, 6.45) is 0.890. The fraction of sp³-hybridized carbons (Fsp3) is 0.333. The van der Waals surface area contributed by atoms with Gasteiger partial charge >= 0.3 is 0 Å². The van der Waals surface area contributed by atoms with Crippen molar-refractivity contribution in [2.45, 2.75) is 47.1 Å². The summed E-state index contributed by atoms with van der Waals surface area (Å²) in [6, 6.07) is 20.9. The number of benzene rings is 2. The van der Waals surface area contributed by atoms with E-state index in [1.165, 1.54) is 44.3 Å². The molecule has 2 aliphatic rings. The number of aryl methyl sites for hydroxylation is 4. The van der Waals surface area contributed by atoms with Crippen molar-refractivity contribution in [1.29, 1.82) is 0 Å². The third kappa shape index (κ3) is 8.23. The van der Waals surface area contributed by atoms with Crippen molar-refractivity contribution in [3.8, 4) is 0 Å². The predicted molar refractivity (Wildman–Crippen MR) is 227 cm³/mol. The summed E-state index contributed by atoms with van der Waals surface area (Å²) in [5, 5.41) is 20.0. The van der Waals surface area contributed by atoms with Gasteiger partial charge in [0.15, 0.2) is 11.6 Å². The first-order valence-electron chi connectivity index (χ1n) is 18.1. The molecule has 6 heterocycles. The van der Waals surface area contributed by atoms with Gasteiger partial charge in [-0.1, -0.05) is 36.4 Å². The highest BCUT2D eigenvalue weighted by molar-refractivity contribution is 9.10. The number of piperazine rings is 2. The molecule has 0 radical (unpaired) electrons. The van der Waals surface area contributed by atoms with Crippen molar-refractivity contribution >= 4 is 78.7 Å². The summed E-state index contributed by atoms with van der Waals surface area (Å²) in [5.74, 6) is 15.6. The number of aromatic nitrogens is 10. The summed E-state index contributed by atoms with van der Waals surface area (Å²) in [5.41, 5.74) is 4.13. The van der Waals surface area contributed by atoms with E-state index in [4.69, 9.17) is 31.6 Å². The van der Waals surface area contributed by atoms with Crippen LogP contribution in [-0.2, 0) is 12.8 Å². The SMILES string of the molecule is Cc1nc(N2CCN(c3ccccc3)CC2)nc(Sc2nnc(CCc3nnc(Sc4nc(N5CCN(c6ccccc6)CC5)nc(C)c4Br)n3N)n2N)c1Br. The van der Waals surface area contributed by atoms with Crippen molar-refractivity contribution < 1.29 is 0 Å². The van der Waals surface area contributed by atoms with Crippen LogP contribution in [0.5, 0.6) is 0 Å². The zero-order valence-corrected chi connectivity index (χ0v) is 35.6. The zero-order valence-electron chi connectivity index (χ0n) is 30.8. The summed E-state index contributed by atoms with van der Waals surface area (Å²) in [4.78, 5) is 28.6. The Morgan fingerprint density at radius 2 is 0.875 bits per heavy atom. The quantitative estimate of drug-likeness (QED) is 0.134. The normalized spacial score (nSPS) is 14.9. The van der Waals surface area contributed by atoms with E-state index in [0.717, 1.165) is 82.7 Å². The van der Waals surface area contributed by atoms with Gasteiger partial charge < -0.3 is 31.3 Å². The minimum absolute atomic E-state index is 0.445.